The van der Waals surface area contributed by atoms with Crippen molar-refractivity contribution in [2.45, 2.75) is 17.4 Å². The number of morpholine rings is 1. The van der Waals surface area contributed by atoms with Crippen LogP contribution in [-0.2, 0) is 4.74 Å². The third-order valence-electron chi connectivity index (χ3n) is 5.58. The van der Waals surface area contributed by atoms with Gasteiger partial charge >= 0.3 is 0 Å². The Hall–Kier alpha value is -2.28. The van der Waals surface area contributed by atoms with Gasteiger partial charge in [-0.15, -0.1) is 23.1 Å². The lowest BCUT2D eigenvalue weighted by Crippen LogP contribution is -2.35. The minimum atomic E-state index is 0.0170. The van der Waals surface area contributed by atoms with Gasteiger partial charge in [0.25, 0.3) is 5.91 Å². The van der Waals surface area contributed by atoms with Gasteiger partial charge in [-0.2, -0.15) is 0 Å². The van der Waals surface area contributed by atoms with Gasteiger partial charge in [-0.05, 0) is 29.7 Å². The van der Waals surface area contributed by atoms with E-state index in [1.165, 1.54) is 10.5 Å². The molecule has 0 saturated carbocycles. The normalized spacial score (nSPS) is 18.7. The van der Waals surface area contributed by atoms with Crippen molar-refractivity contribution < 1.29 is 9.53 Å². The molecule has 1 atom stereocenters. The van der Waals surface area contributed by atoms with Crippen LogP contribution in [0.25, 0.3) is 11.1 Å². The molecule has 0 spiro atoms. The summed E-state index contributed by atoms with van der Waals surface area (Å²) < 4.78 is 5.54. The maximum Gasteiger partial charge on any atom is 0.261 e. The number of carbonyl (C=O) groups excluding carboxylic acids is 1. The van der Waals surface area contributed by atoms with E-state index in [-0.39, 0.29) is 11.9 Å². The van der Waals surface area contributed by atoms with Crippen LogP contribution in [0.5, 0.6) is 0 Å². The quantitative estimate of drug-likeness (QED) is 0.609. The average Bonchev–Trinajstić information content (AvgIpc) is 3.26. The Morgan fingerprint density at radius 3 is 2.63 bits per heavy atom. The van der Waals surface area contributed by atoms with Gasteiger partial charge in [0, 0.05) is 29.3 Å². The third kappa shape index (κ3) is 4.00. The molecule has 5 rings (SSSR count). The number of ether oxygens (including phenoxy) is 1. The molecule has 1 aromatic heterocycles. The standard InChI is InChI=1S/C24H24N2O2S2/c27-23(25-20-10-15-29-21-9-5-4-8-18(20)21)22-16-19(17-6-2-1-3-7-17)24(30-22)26-11-13-28-14-12-26/h1-9,16,20H,10-15H2,(H,25,27)/t20-/m1/s1. The minimum absolute atomic E-state index is 0.0170. The fraction of sp³-hybridized carbons (Fsp3) is 0.292. The number of carbonyl (C=O) groups is 1. The number of fused-ring (bicyclic) bond motifs is 1. The summed E-state index contributed by atoms with van der Waals surface area (Å²) in [5.41, 5.74) is 3.51. The molecule has 0 unspecified atom stereocenters. The zero-order valence-electron chi connectivity index (χ0n) is 16.7. The summed E-state index contributed by atoms with van der Waals surface area (Å²) >= 11 is 3.46. The van der Waals surface area contributed by atoms with Gasteiger partial charge in [0.15, 0.2) is 0 Å². The van der Waals surface area contributed by atoms with E-state index in [1.807, 2.05) is 30.0 Å². The molecule has 4 nitrogen and oxygen atoms in total. The predicted molar refractivity (Wildman–Crippen MR) is 125 cm³/mol. The number of nitrogens with one attached hydrogen (secondary N) is 1. The molecule has 0 bridgehead atoms. The van der Waals surface area contributed by atoms with Crippen LogP contribution in [0.4, 0.5) is 5.00 Å². The van der Waals surface area contributed by atoms with Gasteiger partial charge in [0.2, 0.25) is 0 Å². The fourth-order valence-corrected chi connectivity index (χ4v) is 6.30. The van der Waals surface area contributed by atoms with Crippen molar-refractivity contribution in [2.24, 2.45) is 0 Å². The number of hydrogen-bond donors (Lipinski definition) is 1. The molecule has 3 aromatic rings. The van der Waals surface area contributed by atoms with Crippen LogP contribution in [0.1, 0.15) is 27.7 Å². The lowest BCUT2D eigenvalue weighted by Gasteiger charge is -2.28. The Morgan fingerprint density at radius 1 is 1.03 bits per heavy atom. The molecule has 2 aromatic carbocycles. The van der Waals surface area contributed by atoms with Crippen molar-refractivity contribution in [2.75, 3.05) is 37.0 Å². The summed E-state index contributed by atoms with van der Waals surface area (Å²) in [6.45, 7) is 3.16. The highest BCUT2D eigenvalue weighted by Crippen LogP contribution is 2.40. The first-order chi connectivity index (χ1) is 14.8. The summed E-state index contributed by atoms with van der Waals surface area (Å²) in [6.07, 6.45) is 0.959. The maximum atomic E-state index is 13.3. The molecule has 2 aliphatic heterocycles. The topological polar surface area (TPSA) is 41.6 Å². The van der Waals surface area contributed by atoms with E-state index in [4.69, 9.17) is 4.74 Å². The van der Waals surface area contributed by atoms with Crippen LogP contribution >= 0.6 is 23.1 Å². The van der Waals surface area contributed by atoms with Crippen molar-refractivity contribution in [3.8, 4) is 11.1 Å². The second kappa shape index (κ2) is 8.84. The predicted octanol–water partition coefficient (Wildman–Crippen LogP) is 5.22. The highest BCUT2D eigenvalue weighted by Gasteiger charge is 2.25. The summed E-state index contributed by atoms with van der Waals surface area (Å²) in [5, 5.41) is 4.46. The first-order valence-corrected chi connectivity index (χ1v) is 12.1. The van der Waals surface area contributed by atoms with Crippen LogP contribution < -0.4 is 10.2 Å². The number of nitrogens with zero attached hydrogens (tertiary/aromatic N) is 1. The molecule has 3 heterocycles. The van der Waals surface area contributed by atoms with Crippen LogP contribution in [0.3, 0.4) is 0 Å². The molecule has 30 heavy (non-hydrogen) atoms. The number of thiophene rings is 1. The minimum Gasteiger partial charge on any atom is -0.378 e. The smallest absolute Gasteiger partial charge is 0.261 e. The Bertz CT molecular complexity index is 1030. The largest absolute Gasteiger partial charge is 0.378 e. The Balaban J connectivity index is 1.44. The van der Waals surface area contributed by atoms with E-state index in [9.17, 15) is 4.79 Å². The van der Waals surface area contributed by atoms with Crippen molar-refractivity contribution >= 4 is 34.0 Å². The van der Waals surface area contributed by atoms with Gasteiger partial charge in [-0.1, -0.05) is 48.5 Å². The van der Waals surface area contributed by atoms with Crippen LogP contribution in [0, 0.1) is 0 Å². The molecule has 1 N–H and O–H groups in total. The SMILES string of the molecule is O=C(N[C@@H]1CCSc2ccccc21)c1cc(-c2ccccc2)c(N2CCOCC2)s1. The summed E-state index contributed by atoms with van der Waals surface area (Å²) in [6, 6.07) is 20.9. The number of amides is 1. The van der Waals surface area contributed by atoms with E-state index in [0.29, 0.717) is 0 Å². The van der Waals surface area contributed by atoms with Crippen LogP contribution in [0.2, 0.25) is 0 Å². The second-order valence-corrected chi connectivity index (χ2v) is 9.66. The van der Waals surface area contributed by atoms with Gasteiger partial charge < -0.3 is 15.0 Å². The van der Waals surface area contributed by atoms with Crippen molar-refractivity contribution in [1.82, 2.24) is 5.32 Å². The molecule has 0 aliphatic carbocycles. The van der Waals surface area contributed by atoms with E-state index >= 15 is 0 Å². The van der Waals surface area contributed by atoms with E-state index in [0.717, 1.165) is 59.5 Å². The van der Waals surface area contributed by atoms with E-state index in [2.05, 4.69) is 52.7 Å². The van der Waals surface area contributed by atoms with Gasteiger partial charge in [0.05, 0.1) is 29.1 Å². The molecule has 1 fully saturated rings. The summed E-state index contributed by atoms with van der Waals surface area (Å²) in [7, 11) is 0. The number of anilines is 1. The Labute approximate surface area is 185 Å². The molecule has 2 aliphatic rings. The van der Waals surface area contributed by atoms with Crippen LogP contribution in [0.15, 0.2) is 65.6 Å². The van der Waals surface area contributed by atoms with E-state index < -0.39 is 0 Å². The second-order valence-electron chi connectivity index (χ2n) is 7.50. The van der Waals surface area contributed by atoms with Gasteiger partial charge in [-0.3, -0.25) is 4.79 Å². The first kappa shape index (κ1) is 19.7. The van der Waals surface area contributed by atoms with Crippen molar-refractivity contribution in [3.63, 3.8) is 0 Å². The number of thioether (sulfide) groups is 1. The molecule has 6 heteroatoms. The number of hydrogen-bond acceptors (Lipinski definition) is 5. The zero-order chi connectivity index (χ0) is 20.3. The zero-order valence-corrected chi connectivity index (χ0v) is 18.3. The van der Waals surface area contributed by atoms with E-state index in [1.54, 1.807) is 11.3 Å². The Morgan fingerprint density at radius 2 is 1.80 bits per heavy atom. The highest BCUT2D eigenvalue weighted by molar-refractivity contribution is 7.99. The average molecular weight is 437 g/mol. The maximum absolute atomic E-state index is 13.3. The number of benzene rings is 2. The fourth-order valence-electron chi connectivity index (χ4n) is 4.04. The molecule has 1 amide bonds. The molecule has 1 saturated heterocycles. The summed E-state index contributed by atoms with van der Waals surface area (Å²) in [4.78, 5) is 17.6. The van der Waals surface area contributed by atoms with Crippen molar-refractivity contribution in [3.05, 3.63) is 71.1 Å². The monoisotopic (exact) mass is 436 g/mol. The molecule has 0 radical (unpaired) electrons. The van der Waals surface area contributed by atoms with Crippen LogP contribution in [-0.4, -0.2) is 38.0 Å². The Kier molecular flexibility index (Phi) is 5.79. The lowest BCUT2D eigenvalue weighted by atomic mass is 10.0. The first-order valence-electron chi connectivity index (χ1n) is 10.3. The van der Waals surface area contributed by atoms with Crippen molar-refractivity contribution in [1.29, 1.82) is 0 Å². The molecular weight excluding hydrogens is 412 g/mol. The lowest BCUT2D eigenvalue weighted by molar-refractivity contribution is 0.0939. The van der Waals surface area contributed by atoms with Gasteiger partial charge in [0.1, 0.15) is 0 Å². The number of rotatable bonds is 4. The molecular formula is C24H24N2O2S2. The highest BCUT2D eigenvalue weighted by atomic mass is 32.2. The molecule has 154 valence electrons. The third-order valence-corrected chi connectivity index (χ3v) is 7.90. The summed E-state index contributed by atoms with van der Waals surface area (Å²) in [5.74, 6) is 1.05. The van der Waals surface area contributed by atoms with Gasteiger partial charge in [-0.25, -0.2) is 0 Å².